The Morgan fingerprint density at radius 3 is 2.53 bits per heavy atom. The summed E-state index contributed by atoms with van der Waals surface area (Å²) in [5.41, 5.74) is 6.18. The van der Waals surface area contributed by atoms with Gasteiger partial charge in [0.05, 0.1) is 12.1 Å². The first-order valence-corrected chi connectivity index (χ1v) is 5.63. The zero-order valence-corrected chi connectivity index (χ0v) is 9.86. The third-order valence-corrected chi connectivity index (χ3v) is 4.06. The highest BCUT2D eigenvalue weighted by Crippen LogP contribution is 2.58. The van der Waals surface area contributed by atoms with Crippen molar-refractivity contribution in [2.24, 2.45) is 16.1 Å². The molecular weight excluding hydrogens is 190 g/mol. The van der Waals surface area contributed by atoms with Gasteiger partial charge in [-0.15, -0.1) is 0 Å². The first-order chi connectivity index (χ1) is 7.10. The second kappa shape index (κ2) is 3.67. The molecule has 2 rings (SSSR count). The van der Waals surface area contributed by atoms with Crippen molar-refractivity contribution in [1.82, 2.24) is 4.90 Å². The van der Waals surface area contributed by atoms with Crippen LogP contribution in [0, 0.1) is 5.41 Å². The third kappa shape index (κ3) is 1.51. The highest BCUT2D eigenvalue weighted by Gasteiger charge is 2.58. The summed E-state index contributed by atoms with van der Waals surface area (Å²) >= 11 is 0. The van der Waals surface area contributed by atoms with E-state index in [4.69, 9.17) is 10.5 Å². The van der Waals surface area contributed by atoms with Crippen molar-refractivity contribution in [2.75, 3.05) is 21.2 Å². The number of aliphatic imine (C=N–C) groups is 1. The molecule has 2 atom stereocenters. The monoisotopic (exact) mass is 211 g/mol. The Hall–Kier alpha value is -0.770. The lowest BCUT2D eigenvalue weighted by molar-refractivity contribution is -0.150. The molecule has 1 spiro atoms. The lowest BCUT2D eigenvalue weighted by Gasteiger charge is -2.59. The van der Waals surface area contributed by atoms with E-state index in [1.165, 1.54) is 19.3 Å². The number of hydrogen-bond donors (Lipinski definition) is 1. The summed E-state index contributed by atoms with van der Waals surface area (Å²) in [6.45, 7) is 0. The van der Waals surface area contributed by atoms with Crippen molar-refractivity contribution in [2.45, 2.75) is 37.8 Å². The van der Waals surface area contributed by atoms with Crippen LogP contribution >= 0.6 is 0 Å². The molecule has 2 N–H and O–H groups in total. The van der Waals surface area contributed by atoms with Crippen LogP contribution < -0.4 is 5.73 Å². The van der Waals surface area contributed by atoms with Gasteiger partial charge >= 0.3 is 0 Å². The molecule has 0 aromatic rings. The lowest BCUT2D eigenvalue weighted by Crippen LogP contribution is -2.61. The Labute approximate surface area is 91.5 Å². The van der Waals surface area contributed by atoms with E-state index in [-0.39, 0.29) is 0 Å². The summed E-state index contributed by atoms with van der Waals surface area (Å²) in [6, 6.07) is 0.388. The van der Waals surface area contributed by atoms with Crippen molar-refractivity contribution in [3.05, 3.63) is 0 Å². The number of hydrogen-bond acceptors (Lipinski definition) is 2. The summed E-state index contributed by atoms with van der Waals surface area (Å²) < 4.78 is 5.49. The van der Waals surface area contributed by atoms with Gasteiger partial charge in [-0.3, -0.25) is 0 Å². The predicted molar refractivity (Wildman–Crippen MR) is 60.8 cm³/mol. The standard InChI is InChI=1S/C11H21N3O/c1-14(2)10(12)13-8-7-9(15-3)11(8)5-4-6-11/h8-9H,4-7H2,1-3H3,(H2,12,13). The lowest BCUT2D eigenvalue weighted by atomic mass is 9.51. The molecule has 0 heterocycles. The normalized spacial score (nSPS) is 33.4. The summed E-state index contributed by atoms with van der Waals surface area (Å²) in [6.07, 6.45) is 5.26. The van der Waals surface area contributed by atoms with Crippen LogP contribution in [0.1, 0.15) is 25.7 Å². The first kappa shape index (κ1) is 10.7. The fourth-order valence-electron chi connectivity index (χ4n) is 2.75. The molecule has 2 unspecified atom stereocenters. The maximum Gasteiger partial charge on any atom is 0.191 e. The molecule has 2 fully saturated rings. The Kier molecular flexibility index (Phi) is 2.63. The van der Waals surface area contributed by atoms with E-state index in [9.17, 15) is 0 Å². The average molecular weight is 211 g/mol. The molecule has 4 heteroatoms. The van der Waals surface area contributed by atoms with E-state index in [1.807, 2.05) is 19.0 Å². The van der Waals surface area contributed by atoms with Gasteiger partial charge in [0.15, 0.2) is 5.96 Å². The molecule has 0 aliphatic heterocycles. The van der Waals surface area contributed by atoms with Gasteiger partial charge in [0.25, 0.3) is 0 Å². The van der Waals surface area contributed by atoms with Crippen LogP contribution in [-0.2, 0) is 4.74 Å². The van der Waals surface area contributed by atoms with Gasteiger partial charge in [-0.25, -0.2) is 4.99 Å². The van der Waals surface area contributed by atoms with E-state index in [2.05, 4.69) is 4.99 Å². The van der Waals surface area contributed by atoms with Gasteiger partial charge in [0, 0.05) is 26.6 Å². The summed E-state index contributed by atoms with van der Waals surface area (Å²) in [7, 11) is 5.66. The Bertz CT molecular complexity index is 271. The van der Waals surface area contributed by atoms with Crippen molar-refractivity contribution < 1.29 is 4.74 Å². The molecule has 0 bridgehead atoms. The topological polar surface area (TPSA) is 50.9 Å². The minimum absolute atomic E-state index is 0.329. The summed E-state index contributed by atoms with van der Waals surface area (Å²) in [5.74, 6) is 0.640. The molecule has 0 saturated heterocycles. The second-order valence-electron chi connectivity index (χ2n) is 4.94. The van der Waals surface area contributed by atoms with Crippen molar-refractivity contribution in [3.63, 3.8) is 0 Å². The van der Waals surface area contributed by atoms with E-state index in [1.54, 1.807) is 7.11 Å². The molecule has 0 aromatic carbocycles. The van der Waals surface area contributed by atoms with Gasteiger partial charge in [-0.2, -0.15) is 0 Å². The molecule has 2 saturated carbocycles. The van der Waals surface area contributed by atoms with E-state index >= 15 is 0 Å². The molecule has 86 valence electrons. The van der Waals surface area contributed by atoms with Gasteiger partial charge in [0.1, 0.15) is 0 Å². The predicted octanol–water partition coefficient (Wildman–Crippen LogP) is 0.820. The fourth-order valence-corrected chi connectivity index (χ4v) is 2.75. The number of rotatable bonds is 2. The average Bonchev–Trinajstić information content (AvgIpc) is 2.08. The number of methoxy groups -OCH3 is 1. The zero-order valence-electron chi connectivity index (χ0n) is 9.86. The molecule has 0 aromatic heterocycles. The summed E-state index contributed by atoms with van der Waals surface area (Å²) in [5, 5.41) is 0. The maximum atomic E-state index is 5.85. The van der Waals surface area contributed by atoms with Crippen molar-refractivity contribution in [1.29, 1.82) is 0 Å². The SMILES string of the molecule is COC1CC(N=C(N)N(C)C)C12CCC2. The molecule has 2 aliphatic rings. The number of nitrogens with two attached hydrogens (primary N) is 1. The highest BCUT2D eigenvalue weighted by atomic mass is 16.5. The third-order valence-electron chi connectivity index (χ3n) is 4.06. The van der Waals surface area contributed by atoms with Gasteiger partial charge < -0.3 is 15.4 Å². The Morgan fingerprint density at radius 1 is 1.47 bits per heavy atom. The van der Waals surface area contributed by atoms with Crippen LogP contribution in [0.25, 0.3) is 0 Å². The fraction of sp³-hybridized carbons (Fsp3) is 0.909. The molecule has 0 radical (unpaired) electrons. The first-order valence-electron chi connectivity index (χ1n) is 5.63. The van der Waals surface area contributed by atoms with Crippen LogP contribution in [0.4, 0.5) is 0 Å². The van der Waals surface area contributed by atoms with E-state index < -0.39 is 0 Å². The summed E-state index contributed by atoms with van der Waals surface area (Å²) in [4.78, 5) is 6.46. The molecule has 0 amide bonds. The highest BCUT2D eigenvalue weighted by molar-refractivity contribution is 5.77. The van der Waals surface area contributed by atoms with Crippen LogP contribution in [0.3, 0.4) is 0 Å². The van der Waals surface area contributed by atoms with Crippen LogP contribution in [0.5, 0.6) is 0 Å². The number of guanidine groups is 1. The van der Waals surface area contributed by atoms with Gasteiger partial charge in [-0.1, -0.05) is 6.42 Å². The van der Waals surface area contributed by atoms with Crippen LogP contribution in [-0.4, -0.2) is 44.2 Å². The van der Waals surface area contributed by atoms with Crippen molar-refractivity contribution in [3.8, 4) is 0 Å². The number of nitrogens with zero attached hydrogens (tertiary/aromatic N) is 2. The quantitative estimate of drug-likeness (QED) is 0.543. The van der Waals surface area contributed by atoms with Crippen LogP contribution in [0.15, 0.2) is 4.99 Å². The smallest absolute Gasteiger partial charge is 0.191 e. The molecular formula is C11H21N3O. The molecule has 15 heavy (non-hydrogen) atoms. The Morgan fingerprint density at radius 2 is 2.13 bits per heavy atom. The van der Waals surface area contributed by atoms with E-state index in [0.717, 1.165) is 6.42 Å². The largest absolute Gasteiger partial charge is 0.381 e. The zero-order chi connectivity index (χ0) is 11.1. The molecule has 4 nitrogen and oxygen atoms in total. The van der Waals surface area contributed by atoms with E-state index in [0.29, 0.717) is 23.5 Å². The minimum atomic E-state index is 0.329. The van der Waals surface area contributed by atoms with Gasteiger partial charge in [0.2, 0.25) is 0 Å². The van der Waals surface area contributed by atoms with Gasteiger partial charge in [-0.05, 0) is 19.3 Å². The second-order valence-corrected chi connectivity index (χ2v) is 4.94. The maximum absolute atomic E-state index is 5.85. The minimum Gasteiger partial charge on any atom is -0.381 e. The number of ether oxygens (including phenoxy) is 1. The Balaban J connectivity index is 2.04. The van der Waals surface area contributed by atoms with Crippen molar-refractivity contribution >= 4 is 5.96 Å². The molecule has 2 aliphatic carbocycles. The van der Waals surface area contributed by atoms with Crippen LogP contribution in [0.2, 0.25) is 0 Å².